The number of ether oxygens (including phenoxy) is 1. The maximum atomic E-state index is 6.35. The van der Waals surface area contributed by atoms with E-state index < -0.39 is 0 Å². The summed E-state index contributed by atoms with van der Waals surface area (Å²) < 4.78 is 10.1. The summed E-state index contributed by atoms with van der Waals surface area (Å²) in [5.74, 6) is 1.58. The monoisotopic (exact) mass is 330 g/mol. The van der Waals surface area contributed by atoms with Crippen molar-refractivity contribution in [3.05, 3.63) is 53.6 Å². The van der Waals surface area contributed by atoms with Crippen molar-refractivity contribution in [2.24, 2.45) is 0 Å². The number of benzene rings is 2. The minimum absolute atomic E-state index is 0.552. The van der Waals surface area contributed by atoms with E-state index in [2.05, 4.69) is 28.2 Å². The second-order valence-corrected chi connectivity index (χ2v) is 5.89. The second-order valence-electron chi connectivity index (χ2n) is 5.45. The molecular weight excluding hydrogens is 310 g/mol. The van der Waals surface area contributed by atoms with Crippen LogP contribution >= 0.6 is 11.6 Å². The number of imidazole rings is 1. The zero-order valence-electron chi connectivity index (χ0n) is 13.2. The molecule has 0 atom stereocenters. The van der Waals surface area contributed by atoms with Crippen molar-refractivity contribution in [3.63, 3.8) is 0 Å². The smallest absolute Gasteiger partial charge is 0.356 e. The molecule has 0 saturated heterocycles. The molecule has 5 heteroatoms. The third kappa shape index (κ3) is 3.27. The van der Waals surface area contributed by atoms with Crippen LogP contribution in [0.25, 0.3) is 11.0 Å². The van der Waals surface area contributed by atoms with Gasteiger partial charge in [0, 0.05) is 5.02 Å². The topological polar surface area (TPSA) is 44.1 Å². The zero-order chi connectivity index (χ0) is 16.2. The molecule has 0 aliphatic carbocycles. The van der Waals surface area contributed by atoms with Gasteiger partial charge in [-0.15, -0.1) is 0 Å². The van der Waals surface area contributed by atoms with Gasteiger partial charge in [0.15, 0.2) is 0 Å². The van der Waals surface area contributed by atoms with E-state index >= 15 is 0 Å². The summed E-state index contributed by atoms with van der Waals surface area (Å²) in [7, 11) is 0. The first-order chi connectivity index (χ1) is 11.2. The lowest BCUT2D eigenvalue weighted by Crippen LogP contribution is -2.36. The van der Waals surface area contributed by atoms with Crippen molar-refractivity contribution >= 4 is 28.6 Å². The van der Waals surface area contributed by atoms with Crippen LogP contribution in [0.3, 0.4) is 0 Å². The lowest BCUT2D eigenvalue weighted by atomic mass is 10.3. The first-order valence-electron chi connectivity index (χ1n) is 7.85. The highest BCUT2D eigenvalue weighted by atomic mass is 35.5. The van der Waals surface area contributed by atoms with E-state index in [4.69, 9.17) is 22.1 Å². The number of aromatic nitrogens is 2. The molecule has 3 rings (SSSR count). The normalized spacial score (nSPS) is 11.0. The van der Waals surface area contributed by atoms with Crippen LogP contribution in [0.15, 0.2) is 48.5 Å². The summed E-state index contributed by atoms with van der Waals surface area (Å²) in [6, 6.07) is 15.7. The molecular formula is C18H21ClN3O+. The molecule has 0 fully saturated rings. The minimum Gasteiger partial charge on any atom is -0.490 e. The van der Waals surface area contributed by atoms with Gasteiger partial charge in [0.05, 0.1) is 6.54 Å². The number of nitrogens with zero attached hydrogens (tertiary/aromatic N) is 2. The summed E-state index contributed by atoms with van der Waals surface area (Å²) in [6.45, 7) is 4.32. The summed E-state index contributed by atoms with van der Waals surface area (Å²) in [4.78, 5) is 0. The lowest BCUT2D eigenvalue weighted by Gasteiger charge is -2.06. The first-order valence-corrected chi connectivity index (χ1v) is 8.23. The highest BCUT2D eigenvalue weighted by molar-refractivity contribution is 6.30. The van der Waals surface area contributed by atoms with Crippen molar-refractivity contribution < 1.29 is 9.30 Å². The van der Waals surface area contributed by atoms with Crippen LogP contribution in [-0.4, -0.2) is 11.2 Å². The van der Waals surface area contributed by atoms with Gasteiger partial charge in [-0.2, -0.15) is 0 Å². The highest BCUT2D eigenvalue weighted by Crippen LogP contribution is 2.18. The number of anilines is 1. The number of aryl methyl sites for hydroxylation is 1. The number of halogens is 1. The van der Waals surface area contributed by atoms with Crippen LogP contribution in [0.4, 0.5) is 5.95 Å². The Bertz CT molecular complexity index is 796. The van der Waals surface area contributed by atoms with Crippen LogP contribution in [0.5, 0.6) is 5.75 Å². The largest absolute Gasteiger partial charge is 0.490 e. The Balaban J connectivity index is 1.79. The molecule has 0 aliphatic rings. The van der Waals surface area contributed by atoms with Gasteiger partial charge in [0.25, 0.3) is 0 Å². The van der Waals surface area contributed by atoms with Gasteiger partial charge >= 0.3 is 5.95 Å². The van der Waals surface area contributed by atoms with E-state index in [1.54, 1.807) is 0 Å². The molecule has 1 heterocycles. The Morgan fingerprint density at radius 2 is 1.87 bits per heavy atom. The third-order valence-corrected chi connectivity index (χ3v) is 4.11. The predicted octanol–water partition coefficient (Wildman–Crippen LogP) is 3.65. The van der Waals surface area contributed by atoms with Crippen LogP contribution in [0.2, 0.25) is 5.02 Å². The van der Waals surface area contributed by atoms with Gasteiger partial charge < -0.3 is 4.74 Å². The van der Waals surface area contributed by atoms with Gasteiger partial charge in [-0.3, -0.25) is 5.73 Å². The maximum absolute atomic E-state index is 6.35. The van der Waals surface area contributed by atoms with Crippen molar-refractivity contribution in [1.82, 2.24) is 4.57 Å². The van der Waals surface area contributed by atoms with Crippen LogP contribution < -0.4 is 15.0 Å². The molecule has 23 heavy (non-hydrogen) atoms. The molecule has 2 aromatic carbocycles. The van der Waals surface area contributed by atoms with Crippen molar-refractivity contribution in [2.75, 3.05) is 12.3 Å². The molecule has 0 saturated carbocycles. The van der Waals surface area contributed by atoms with Crippen molar-refractivity contribution in [3.8, 4) is 5.75 Å². The summed E-state index contributed by atoms with van der Waals surface area (Å²) in [6.07, 6.45) is 1.05. The predicted molar refractivity (Wildman–Crippen MR) is 93.8 cm³/mol. The second kappa shape index (κ2) is 6.92. The maximum Gasteiger partial charge on any atom is 0.356 e. The number of hydrogen-bond donors (Lipinski definition) is 1. The third-order valence-electron chi connectivity index (χ3n) is 3.86. The number of nitrogens with two attached hydrogens (primary N) is 1. The van der Waals surface area contributed by atoms with Crippen molar-refractivity contribution in [2.45, 2.75) is 26.4 Å². The van der Waals surface area contributed by atoms with E-state index in [-0.39, 0.29) is 0 Å². The highest BCUT2D eigenvalue weighted by Gasteiger charge is 2.19. The van der Waals surface area contributed by atoms with E-state index in [0.29, 0.717) is 18.2 Å². The lowest BCUT2D eigenvalue weighted by molar-refractivity contribution is -0.657. The number of hydrogen-bond acceptors (Lipinski definition) is 2. The Morgan fingerprint density at radius 3 is 2.61 bits per heavy atom. The van der Waals surface area contributed by atoms with Gasteiger partial charge in [-0.1, -0.05) is 30.7 Å². The van der Waals surface area contributed by atoms with E-state index in [9.17, 15) is 0 Å². The fourth-order valence-corrected chi connectivity index (χ4v) is 2.92. The average Bonchev–Trinajstić information content (AvgIpc) is 2.83. The molecule has 0 spiro atoms. The average molecular weight is 331 g/mol. The molecule has 0 bridgehead atoms. The number of para-hydroxylation sites is 2. The van der Waals surface area contributed by atoms with Gasteiger partial charge in [0.2, 0.25) is 0 Å². The zero-order valence-corrected chi connectivity index (χ0v) is 14.0. The molecule has 1 aromatic heterocycles. The molecule has 0 unspecified atom stereocenters. The van der Waals surface area contributed by atoms with E-state index in [1.165, 1.54) is 5.52 Å². The van der Waals surface area contributed by atoms with Crippen LogP contribution in [-0.2, 0) is 13.1 Å². The van der Waals surface area contributed by atoms with Gasteiger partial charge in [-0.25, -0.2) is 9.13 Å². The quantitative estimate of drug-likeness (QED) is 0.701. The summed E-state index contributed by atoms with van der Waals surface area (Å²) in [5.41, 5.74) is 8.66. The SMILES string of the molecule is CCC[n+]1c(N)n(CCOc2ccc(Cl)cc2)c2ccccc21. The number of rotatable bonds is 6. The first kappa shape index (κ1) is 15.7. The molecule has 0 aliphatic heterocycles. The summed E-state index contributed by atoms with van der Waals surface area (Å²) in [5, 5.41) is 0.707. The number of nitrogen functional groups attached to an aromatic ring is 1. The Kier molecular flexibility index (Phi) is 4.72. The Morgan fingerprint density at radius 1 is 1.13 bits per heavy atom. The molecule has 120 valence electrons. The fourth-order valence-electron chi connectivity index (χ4n) is 2.79. The van der Waals surface area contributed by atoms with Gasteiger partial charge in [-0.05, 0) is 42.8 Å². The van der Waals surface area contributed by atoms with Crippen LogP contribution in [0, 0.1) is 0 Å². The molecule has 4 nitrogen and oxygen atoms in total. The Hall–Kier alpha value is -2.20. The standard InChI is InChI=1S/C18H20ClN3O/c1-2-11-21-16-5-3-4-6-17(16)22(18(21)20)12-13-23-15-9-7-14(19)8-10-15/h3-10,20H,2,11-13H2,1H3/p+1. The molecule has 2 N–H and O–H groups in total. The molecule has 0 amide bonds. The van der Waals surface area contributed by atoms with E-state index in [0.717, 1.165) is 30.2 Å². The molecule has 0 radical (unpaired) electrons. The van der Waals surface area contributed by atoms with Gasteiger partial charge in [0.1, 0.15) is 29.9 Å². The van der Waals surface area contributed by atoms with Crippen molar-refractivity contribution in [1.29, 1.82) is 0 Å². The Labute approximate surface area is 141 Å². The van der Waals surface area contributed by atoms with E-state index in [1.807, 2.05) is 36.4 Å². The fraction of sp³-hybridized carbons (Fsp3) is 0.278. The molecule has 3 aromatic rings. The number of fused-ring (bicyclic) bond motifs is 1. The van der Waals surface area contributed by atoms with Crippen LogP contribution in [0.1, 0.15) is 13.3 Å². The summed E-state index contributed by atoms with van der Waals surface area (Å²) >= 11 is 5.88. The minimum atomic E-state index is 0.552.